The highest BCUT2D eigenvalue weighted by Gasteiger charge is 2.23. The van der Waals surface area contributed by atoms with Crippen LogP contribution in [0.3, 0.4) is 0 Å². The molecule has 3 rings (SSSR count). The third-order valence-electron chi connectivity index (χ3n) is 4.30. The summed E-state index contributed by atoms with van der Waals surface area (Å²) in [6.07, 6.45) is 1.19. The number of hydrogen-bond donors (Lipinski definition) is 1. The number of benzene rings is 1. The lowest BCUT2D eigenvalue weighted by Gasteiger charge is -2.16. The Morgan fingerprint density at radius 3 is 2.83 bits per heavy atom. The van der Waals surface area contributed by atoms with E-state index in [4.69, 9.17) is 4.74 Å². The van der Waals surface area contributed by atoms with E-state index in [1.807, 2.05) is 19.0 Å². The second kappa shape index (κ2) is 7.96. The van der Waals surface area contributed by atoms with Crippen LogP contribution >= 0.6 is 11.3 Å². The van der Waals surface area contributed by atoms with Gasteiger partial charge in [0.2, 0.25) is 5.88 Å². The highest BCUT2D eigenvalue weighted by atomic mass is 32.1. The molecule has 1 aromatic carbocycles. The number of anilines is 1. The fourth-order valence-corrected chi connectivity index (χ4v) is 3.91. The van der Waals surface area contributed by atoms with Crippen LogP contribution in [0.5, 0.6) is 5.88 Å². The van der Waals surface area contributed by atoms with Gasteiger partial charge in [0.25, 0.3) is 0 Å². The number of rotatable bonds is 7. The van der Waals surface area contributed by atoms with Crippen LogP contribution in [0, 0.1) is 0 Å². The molecule has 2 aromatic rings. The zero-order chi connectivity index (χ0) is 16.9. The van der Waals surface area contributed by atoms with Gasteiger partial charge in [-0.3, -0.25) is 4.90 Å². The zero-order valence-corrected chi connectivity index (χ0v) is 15.5. The summed E-state index contributed by atoms with van der Waals surface area (Å²) >= 11 is 1.69. The topological polar surface area (TPSA) is 40.6 Å². The number of nitrogens with zero attached hydrogens (tertiary/aromatic N) is 3. The summed E-state index contributed by atoms with van der Waals surface area (Å²) < 4.78 is 5.41. The van der Waals surface area contributed by atoms with Gasteiger partial charge in [-0.2, -0.15) is 4.98 Å². The number of likely N-dealkylation sites (tertiary alicyclic amines) is 1. The average Bonchev–Trinajstić information content (AvgIpc) is 3.20. The van der Waals surface area contributed by atoms with Crippen LogP contribution in [-0.2, 0) is 13.1 Å². The van der Waals surface area contributed by atoms with Crippen molar-refractivity contribution >= 4 is 16.5 Å². The SMILES string of the molecule is COc1nc(N(C)C)sc1CNC1CCN(Cc2ccccc2)C1. The third kappa shape index (κ3) is 4.26. The van der Waals surface area contributed by atoms with E-state index in [2.05, 4.69) is 45.5 Å². The molecule has 0 aliphatic carbocycles. The minimum atomic E-state index is 0.531. The quantitative estimate of drug-likeness (QED) is 0.834. The number of thiazole rings is 1. The molecule has 1 saturated heterocycles. The monoisotopic (exact) mass is 346 g/mol. The smallest absolute Gasteiger partial charge is 0.230 e. The van der Waals surface area contributed by atoms with E-state index < -0.39 is 0 Å². The van der Waals surface area contributed by atoms with Crippen LogP contribution in [0.15, 0.2) is 30.3 Å². The first-order valence-corrected chi connectivity index (χ1v) is 9.18. The largest absolute Gasteiger partial charge is 0.480 e. The Bertz CT molecular complexity index is 644. The van der Waals surface area contributed by atoms with Gasteiger partial charge in [0.05, 0.1) is 12.0 Å². The zero-order valence-electron chi connectivity index (χ0n) is 14.7. The van der Waals surface area contributed by atoms with Gasteiger partial charge in [-0.1, -0.05) is 41.7 Å². The molecule has 2 heterocycles. The molecular weight excluding hydrogens is 320 g/mol. The summed E-state index contributed by atoms with van der Waals surface area (Å²) in [7, 11) is 5.71. The molecule has 0 spiro atoms. The summed E-state index contributed by atoms with van der Waals surface area (Å²) in [4.78, 5) is 10.2. The first-order valence-electron chi connectivity index (χ1n) is 8.36. The average molecular weight is 347 g/mol. The van der Waals surface area contributed by atoms with Crippen molar-refractivity contribution in [2.45, 2.75) is 25.6 Å². The van der Waals surface area contributed by atoms with Gasteiger partial charge in [0.15, 0.2) is 5.13 Å². The van der Waals surface area contributed by atoms with Gasteiger partial charge in [-0.25, -0.2) is 0 Å². The van der Waals surface area contributed by atoms with Crippen LogP contribution in [0.1, 0.15) is 16.9 Å². The molecule has 1 aromatic heterocycles. The maximum atomic E-state index is 5.41. The predicted molar refractivity (Wildman–Crippen MR) is 100.0 cm³/mol. The minimum Gasteiger partial charge on any atom is -0.480 e. The lowest BCUT2D eigenvalue weighted by Crippen LogP contribution is -2.31. The highest BCUT2D eigenvalue weighted by Crippen LogP contribution is 2.30. The van der Waals surface area contributed by atoms with Crippen molar-refractivity contribution in [2.75, 3.05) is 39.2 Å². The van der Waals surface area contributed by atoms with E-state index in [1.165, 1.54) is 16.9 Å². The van der Waals surface area contributed by atoms with Crippen LogP contribution in [-0.4, -0.2) is 50.2 Å². The van der Waals surface area contributed by atoms with Crippen molar-refractivity contribution < 1.29 is 4.74 Å². The molecule has 1 N–H and O–H groups in total. The lowest BCUT2D eigenvalue weighted by atomic mass is 10.2. The number of aromatic nitrogens is 1. The van der Waals surface area contributed by atoms with Gasteiger partial charge in [0.1, 0.15) is 0 Å². The van der Waals surface area contributed by atoms with E-state index >= 15 is 0 Å². The standard InChI is InChI=1S/C18H26N4OS/c1-21(2)18-20-17(23-3)16(24-18)11-19-15-9-10-22(13-15)12-14-7-5-4-6-8-14/h4-8,15,19H,9-13H2,1-3H3. The lowest BCUT2D eigenvalue weighted by molar-refractivity contribution is 0.319. The summed E-state index contributed by atoms with van der Waals surface area (Å²) in [5.41, 5.74) is 1.39. The molecule has 6 heteroatoms. The second-order valence-corrected chi connectivity index (χ2v) is 7.47. The molecule has 0 radical (unpaired) electrons. The summed E-state index contributed by atoms with van der Waals surface area (Å²) in [5, 5.41) is 4.66. The molecule has 0 saturated carbocycles. The normalized spacial score (nSPS) is 18.0. The Balaban J connectivity index is 1.51. The summed E-state index contributed by atoms with van der Waals surface area (Å²) in [6.45, 7) is 4.10. The molecule has 24 heavy (non-hydrogen) atoms. The Morgan fingerprint density at radius 2 is 2.12 bits per heavy atom. The molecular formula is C18H26N4OS. The van der Waals surface area contributed by atoms with Crippen LogP contribution in [0.4, 0.5) is 5.13 Å². The molecule has 1 aliphatic heterocycles. The van der Waals surface area contributed by atoms with Crippen LogP contribution in [0.25, 0.3) is 0 Å². The van der Waals surface area contributed by atoms with Gasteiger partial charge >= 0.3 is 0 Å². The van der Waals surface area contributed by atoms with Crippen molar-refractivity contribution in [1.82, 2.24) is 15.2 Å². The Labute approximate surface area is 148 Å². The van der Waals surface area contributed by atoms with Gasteiger partial charge in [0, 0.05) is 46.3 Å². The van der Waals surface area contributed by atoms with Crippen LogP contribution < -0.4 is 15.0 Å². The predicted octanol–water partition coefficient (Wildman–Crippen LogP) is 2.58. The fourth-order valence-electron chi connectivity index (χ4n) is 3.01. The number of hydrogen-bond acceptors (Lipinski definition) is 6. The number of ether oxygens (including phenoxy) is 1. The molecule has 1 atom stereocenters. The molecule has 1 unspecified atom stereocenters. The maximum absolute atomic E-state index is 5.41. The van der Waals surface area contributed by atoms with Gasteiger partial charge in [-0.15, -0.1) is 0 Å². The van der Waals surface area contributed by atoms with Crippen molar-refractivity contribution in [3.63, 3.8) is 0 Å². The molecule has 1 aliphatic rings. The Hall–Kier alpha value is -1.63. The van der Waals surface area contributed by atoms with E-state index in [9.17, 15) is 0 Å². The summed E-state index contributed by atoms with van der Waals surface area (Å²) in [6, 6.07) is 11.2. The Kier molecular flexibility index (Phi) is 5.71. The van der Waals surface area contributed by atoms with Crippen molar-refractivity contribution in [1.29, 1.82) is 0 Å². The van der Waals surface area contributed by atoms with E-state index in [0.29, 0.717) is 6.04 Å². The summed E-state index contributed by atoms with van der Waals surface area (Å²) in [5.74, 6) is 0.746. The fraction of sp³-hybridized carbons (Fsp3) is 0.500. The first kappa shape index (κ1) is 17.2. The molecule has 5 nitrogen and oxygen atoms in total. The van der Waals surface area contributed by atoms with E-state index in [1.54, 1.807) is 18.4 Å². The molecule has 0 bridgehead atoms. The molecule has 1 fully saturated rings. The van der Waals surface area contributed by atoms with Crippen molar-refractivity contribution in [3.05, 3.63) is 40.8 Å². The maximum Gasteiger partial charge on any atom is 0.230 e. The molecule has 0 amide bonds. The van der Waals surface area contributed by atoms with Crippen molar-refractivity contribution in [2.24, 2.45) is 0 Å². The molecule has 130 valence electrons. The minimum absolute atomic E-state index is 0.531. The second-order valence-electron chi connectivity index (χ2n) is 6.41. The first-order chi connectivity index (χ1) is 11.7. The van der Waals surface area contributed by atoms with Crippen LogP contribution in [0.2, 0.25) is 0 Å². The third-order valence-corrected chi connectivity index (χ3v) is 5.50. The highest BCUT2D eigenvalue weighted by molar-refractivity contribution is 7.15. The number of nitrogens with one attached hydrogen (secondary N) is 1. The van der Waals surface area contributed by atoms with Crippen molar-refractivity contribution in [3.8, 4) is 5.88 Å². The van der Waals surface area contributed by atoms with Gasteiger partial charge in [-0.05, 0) is 12.0 Å². The van der Waals surface area contributed by atoms with Gasteiger partial charge < -0.3 is 15.0 Å². The Morgan fingerprint density at radius 1 is 1.33 bits per heavy atom. The number of methoxy groups -OCH3 is 1. The van der Waals surface area contributed by atoms with E-state index in [0.717, 1.165) is 37.2 Å². The van der Waals surface area contributed by atoms with E-state index in [-0.39, 0.29) is 0 Å².